The van der Waals surface area contributed by atoms with E-state index in [0.29, 0.717) is 59.6 Å². The molecule has 0 spiro atoms. The molecule has 1 unspecified atom stereocenters. The van der Waals surface area contributed by atoms with Gasteiger partial charge in [-0.3, -0.25) is 29.5 Å². The molecule has 0 bridgehead atoms. The molecule has 0 aliphatic carbocycles. The molecule has 7 rings (SSSR count). The van der Waals surface area contributed by atoms with Gasteiger partial charge in [0.1, 0.15) is 11.9 Å². The first-order chi connectivity index (χ1) is 23.7. The van der Waals surface area contributed by atoms with Crippen LogP contribution in [0.15, 0.2) is 66.7 Å². The second kappa shape index (κ2) is 12.8. The standard InChI is InChI=1S/C37H32FN5O6/c38-28-16-21(19-39)4-8-29(28)41-12-14-42(15-13-41)32(20-44)24-6-5-23(27(18-24)37(48)49)17-22-7-9-30-34-25(22)2-1-3-26(34)36(47)43(30)31-10-11-33(45)40-35(31)46/h1-9,16,18,31-32,44H,10-15,17,20H2,(H,48,49)(H,40,45,46)/t31-,32?/m0/s1. The van der Waals surface area contributed by atoms with Crippen molar-refractivity contribution in [1.29, 1.82) is 5.26 Å². The maximum Gasteiger partial charge on any atom is 0.335 e. The van der Waals surface area contributed by atoms with Crippen molar-refractivity contribution in [2.24, 2.45) is 0 Å². The Morgan fingerprint density at radius 2 is 1.73 bits per heavy atom. The number of benzene rings is 4. The molecule has 0 saturated carbocycles. The van der Waals surface area contributed by atoms with E-state index in [9.17, 15) is 33.8 Å². The highest BCUT2D eigenvalue weighted by atomic mass is 19.1. The molecule has 3 aliphatic heterocycles. The van der Waals surface area contributed by atoms with Crippen LogP contribution < -0.4 is 15.1 Å². The first-order valence-corrected chi connectivity index (χ1v) is 16.1. The molecule has 3 aliphatic rings. The first-order valence-electron chi connectivity index (χ1n) is 16.1. The lowest BCUT2D eigenvalue weighted by Crippen LogP contribution is -2.53. The van der Waals surface area contributed by atoms with Gasteiger partial charge in [0.05, 0.1) is 41.2 Å². The van der Waals surface area contributed by atoms with Crippen LogP contribution in [0.3, 0.4) is 0 Å². The molecule has 4 aromatic carbocycles. The number of anilines is 2. The van der Waals surface area contributed by atoms with E-state index in [1.54, 1.807) is 42.5 Å². The van der Waals surface area contributed by atoms with Gasteiger partial charge in [0.15, 0.2) is 0 Å². The average molecular weight is 662 g/mol. The number of aromatic carboxylic acids is 1. The molecule has 248 valence electrons. The number of nitrogens with one attached hydrogen (secondary N) is 1. The van der Waals surface area contributed by atoms with Gasteiger partial charge in [-0.25, -0.2) is 9.18 Å². The minimum absolute atomic E-state index is 0.0961. The van der Waals surface area contributed by atoms with E-state index < -0.39 is 29.8 Å². The van der Waals surface area contributed by atoms with Crippen molar-refractivity contribution in [2.45, 2.75) is 31.3 Å². The largest absolute Gasteiger partial charge is 0.478 e. The normalized spacial score (nSPS) is 18.5. The highest BCUT2D eigenvalue weighted by Crippen LogP contribution is 2.41. The zero-order chi connectivity index (χ0) is 34.4. The molecule has 3 heterocycles. The SMILES string of the molecule is N#Cc1ccc(N2CCN(C(CO)c3ccc(Cc4ccc5c6c(cccc46)C(=O)N5[C@H]4CCC(=O)NC4=O)c(C(=O)O)c3)CC2)c(F)c1. The number of carboxylic acid groups (broad SMARTS) is 1. The molecule has 12 heteroatoms. The van der Waals surface area contributed by atoms with Gasteiger partial charge in [-0.1, -0.05) is 30.3 Å². The van der Waals surface area contributed by atoms with Gasteiger partial charge in [-0.15, -0.1) is 0 Å². The van der Waals surface area contributed by atoms with Crippen molar-refractivity contribution in [3.63, 3.8) is 0 Å². The minimum atomic E-state index is -1.11. The summed E-state index contributed by atoms with van der Waals surface area (Å²) in [6, 6.07) is 19.2. The zero-order valence-electron chi connectivity index (χ0n) is 26.4. The Morgan fingerprint density at radius 1 is 0.980 bits per heavy atom. The Labute approximate surface area is 280 Å². The van der Waals surface area contributed by atoms with E-state index >= 15 is 0 Å². The molecule has 2 saturated heterocycles. The summed E-state index contributed by atoms with van der Waals surface area (Å²) >= 11 is 0. The van der Waals surface area contributed by atoms with Crippen molar-refractivity contribution in [1.82, 2.24) is 10.2 Å². The van der Waals surface area contributed by atoms with Gasteiger partial charge in [-0.2, -0.15) is 5.26 Å². The van der Waals surface area contributed by atoms with Gasteiger partial charge in [0, 0.05) is 43.5 Å². The Morgan fingerprint density at radius 3 is 2.43 bits per heavy atom. The van der Waals surface area contributed by atoms with E-state index in [0.717, 1.165) is 10.9 Å². The number of nitriles is 1. The van der Waals surface area contributed by atoms with E-state index in [2.05, 4.69) is 5.32 Å². The third kappa shape index (κ3) is 5.67. The summed E-state index contributed by atoms with van der Waals surface area (Å²) < 4.78 is 14.6. The van der Waals surface area contributed by atoms with Crippen LogP contribution in [-0.4, -0.2) is 77.6 Å². The number of rotatable bonds is 8. The van der Waals surface area contributed by atoms with Crippen molar-refractivity contribution in [2.75, 3.05) is 42.6 Å². The van der Waals surface area contributed by atoms with Gasteiger partial charge in [0.2, 0.25) is 11.8 Å². The fraction of sp³-hybridized carbons (Fsp3) is 0.270. The van der Waals surface area contributed by atoms with Crippen molar-refractivity contribution < 1.29 is 33.8 Å². The van der Waals surface area contributed by atoms with E-state index in [1.165, 1.54) is 11.0 Å². The third-order valence-corrected chi connectivity index (χ3v) is 9.81. The quantitative estimate of drug-likeness (QED) is 0.240. The fourth-order valence-corrected chi connectivity index (χ4v) is 7.36. The summed E-state index contributed by atoms with van der Waals surface area (Å²) in [5, 5.41) is 33.5. The van der Waals surface area contributed by atoms with Crippen LogP contribution in [0, 0.1) is 17.1 Å². The predicted molar refractivity (Wildman–Crippen MR) is 178 cm³/mol. The minimum Gasteiger partial charge on any atom is -0.478 e. The molecule has 11 nitrogen and oxygen atoms in total. The highest BCUT2D eigenvalue weighted by molar-refractivity contribution is 6.27. The number of carboxylic acids is 1. The lowest BCUT2D eigenvalue weighted by Gasteiger charge is -2.40. The molecule has 3 N–H and O–H groups in total. The number of aliphatic hydroxyl groups is 1. The monoisotopic (exact) mass is 661 g/mol. The summed E-state index contributed by atoms with van der Waals surface area (Å²) in [5.74, 6) is -2.77. The van der Waals surface area contributed by atoms with Crippen LogP contribution in [0.25, 0.3) is 10.8 Å². The van der Waals surface area contributed by atoms with E-state index in [4.69, 9.17) is 5.26 Å². The lowest BCUT2D eigenvalue weighted by molar-refractivity contribution is -0.134. The van der Waals surface area contributed by atoms with Crippen LogP contribution >= 0.6 is 0 Å². The molecular weight excluding hydrogens is 629 g/mol. The van der Waals surface area contributed by atoms with Gasteiger partial charge in [0.25, 0.3) is 5.91 Å². The number of piperidine rings is 1. The van der Waals surface area contributed by atoms with Crippen LogP contribution in [0.2, 0.25) is 0 Å². The highest BCUT2D eigenvalue weighted by Gasteiger charge is 2.41. The number of aliphatic hydroxyl groups excluding tert-OH is 1. The van der Waals surface area contributed by atoms with E-state index in [1.807, 2.05) is 34.1 Å². The van der Waals surface area contributed by atoms with Crippen molar-refractivity contribution in [3.8, 4) is 6.07 Å². The second-order valence-corrected chi connectivity index (χ2v) is 12.5. The van der Waals surface area contributed by atoms with Crippen LogP contribution in [0.4, 0.5) is 15.8 Å². The molecular formula is C37H32FN5O6. The summed E-state index contributed by atoms with van der Waals surface area (Å²) in [5.41, 5.74) is 3.79. The Hall–Kier alpha value is -5.64. The topological polar surface area (TPSA) is 154 Å². The molecule has 2 atom stereocenters. The number of amides is 3. The summed E-state index contributed by atoms with van der Waals surface area (Å²) in [6.07, 6.45) is 0.618. The number of hydrogen-bond donors (Lipinski definition) is 3. The number of nitrogens with zero attached hydrogens (tertiary/aromatic N) is 4. The summed E-state index contributed by atoms with van der Waals surface area (Å²) in [6.45, 7) is 1.74. The van der Waals surface area contributed by atoms with Crippen molar-refractivity contribution >= 4 is 45.8 Å². The van der Waals surface area contributed by atoms with Gasteiger partial charge in [-0.05, 0) is 71.3 Å². The molecule has 2 fully saturated rings. The van der Waals surface area contributed by atoms with Gasteiger partial charge < -0.3 is 15.1 Å². The fourth-order valence-electron chi connectivity index (χ4n) is 7.36. The molecule has 0 radical (unpaired) electrons. The second-order valence-electron chi connectivity index (χ2n) is 12.5. The third-order valence-electron chi connectivity index (χ3n) is 9.81. The number of imide groups is 1. The Bertz CT molecular complexity index is 2090. The predicted octanol–water partition coefficient (Wildman–Crippen LogP) is 3.76. The number of hydrogen-bond acceptors (Lipinski definition) is 8. The Kier molecular flexibility index (Phi) is 8.32. The molecule has 49 heavy (non-hydrogen) atoms. The zero-order valence-corrected chi connectivity index (χ0v) is 26.4. The average Bonchev–Trinajstić information content (AvgIpc) is 3.38. The molecule has 0 aromatic heterocycles. The van der Waals surface area contributed by atoms with Crippen LogP contribution in [0.1, 0.15) is 61.9 Å². The number of carbonyl (C=O) groups is 4. The van der Waals surface area contributed by atoms with Crippen molar-refractivity contribution in [3.05, 3.63) is 106 Å². The van der Waals surface area contributed by atoms with Gasteiger partial charge >= 0.3 is 5.97 Å². The number of piperazine rings is 1. The molecule has 3 amide bonds. The maximum absolute atomic E-state index is 14.6. The lowest BCUT2D eigenvalue weighted by atomic mass is 9.92. The van der Waals surface area contributed by atoms with Crippen LogP contribution in [0.5, 0.6) is 0 Å². The van der Waals surface area contributed by atoms with Crippen LogP contribution in [-0.2, 0) is 16.0 Å². The van der Waals surface area contributed by atoms with E-state index in [-0.39, 0.29) is 48.8 Å². The number of halogens is 1. The Balaban J connectivity index is 1.13. The smallest absolute Gasteiger partial charge is 0.335 e. The maximum atomic E-state index is 14.6. The molecule has 4 aromatic rings. The summed E-state index contributed by atoms with van der Waals surface area (Å²) in [4.78, 5) is 55.9. The first kappa shape index (κ1) is 31.9. The summed E-state index contributed by atoms with van der Waals surface area (Å²) in [7, 11) is 0. The number of carbonyl (C=O) groups excluding carboxylic acids is 3.